The molecule has 0 heterocycles. The Hall–Kier alpha value is -0.170. The van der Waals surface area contributed by atoms with Crippen LogP contribution >= 0.6 is 11.8 Å². The molecule has 0 aliphatic heterocycles. The zero-order chi connectivity index (χ0) is 8.24. The largest absolute Gasteiger partial charge is 0.135 e. The summed E-state index contributed by atoms with van der Waals surface area (Å²) >= 11 is 1.83. The van der Waals surface area contributed by atoms with Gasteiger partial charge in [-0.3, -0.25) is 0 Å². The van der Waals surface area contributed by atoms with E-state index in [2.05, 4.69) is 12.3 Å². The van der Waals surface area contributed by atoms with Gasteiger partial charge >= 0.3 is 0 Å². The van der Waals surface area contributed by atoms with Crippen molar-refractivity contribution in [2.45, 2.75) is 27.7 Å². The quantitative estimate of drug-likeness (QED) is 0.550. The Labute approximate surface area is 69.4 Å². The highest BCUT2D eigenvalue weighted by atomic mass is 32.2. The summed E-state index contributed by atoms with van der Waals surface area (Å²) < 4.78 is 0. The summed E-state index contributed by atoms with van der Waals surface area (Å²) in [6, 6.07) is 0. The number of hydrogen-bond acceptors (Lipinski definition) is 1. The number of hydrogen-bond donors (Lipinski definition) is 0. The van der Waals surface area contributed by atoms with Crippen molar-refractivity contribution in [1.29, 1.82) is 0 Å². The molecule has 0 aliphatic carbocycles. The van der Waals surface area contributed by atoms with Gasteiger partial charge in [-0.25, -0.2) is 0 Å². The average Bonchev–Trinajstić information content (AvgIpc) is 2.01. The van der Waals surface area contributed by atoms with Crippen molar-refractivity contribution < 1.29 is 0 Å². The Morgan fingerprint density at radius 1 is 1.00 bits per heavy atom. The van der Waals surface area contributed by atoms with Crippen LogP contribution in [0.2, 0.25) is 0 Å². The van der Waals surface area contributed by atoms with Crippen molar-refractivity contribution in [3.8, 4) is 0 Å². The Kier molecular flexibility index (Phi) is 19.9. The fourth-order valence-electron chi connectivity index (χ4n) is 0.192. The standard InChI is InChI=1S/C5H10S.C4H8/c1-3-5-6-4-2;1-3-4-2/h3,5H,4H2,1-2H3;3-4H,1-2H3. The fraction of sp³-hybridized carbons (Fsp3) is 0.556. The predicted octanol–water partition coefficient (Wildman–Crippen LogP) is 3.86. The minimum Gasteiger partial charge on any atom is -0.135 e. The highest BCUT2D eigenvalue weighted by Gasteiger charge is 1.64. The van der Waals surface area contributed by atoms with Crippen molar-refractivity contribution in [3.63, 3.8) is 0 Å². The van der Waals surface area contributed by atoms with E-state index in [0.717, 1.165) is 0 Å². The molecule has 60 valence electrons. The highest BCUT2D eigenvalue weighted by molar-refractivity contribution is 8.02. The Morgan fingerprint density at radius 3 is 1.60 bits per heavy atom. The Morgan fingerprint density at radius 2 is 1.50 bits per heavy atom. The lowest BCUT2D eigenvalue weighted by molar-refractivity contribution is 1.53. The van der Waals surface area contributed by atoms with E-state index in [9.17, 15) is 0 Å². The van der Waals surface area contributed by atoms with E-state index < -0.39 is 0 Å². The lowest BCUT2D eigenvalue weighted by atomic mass is 10.6. The van der Waals surface area contributed by atoms with Gasteiger partial charge in [0.15, 0.2) is 0 Å². The van der Waals surface area contributed by atoms with E-state index in [0.29, 0.717) is 0 Å². The maximum atomic E-state index is 2.14. The summed E-state index contributed by atoms with van der Waals surface area (Å²) in [4.78, 5) is 0. The zero-order valence-corrected chi connectivity index (χ0v) is 8.24. The third kappa shape index (κ3) is 24.9. The average molecular weight is 158 g/mol. The van der Waals surface area contributed by atoms with E-state index in [1.54, 1.807) is 0 Å². The molecule has 0 aliphatic rings. The van der Waals surface area contributed by atoms with Gasteiger partial charge in [-0.2, -0.15) is 0 Å². The molecule has 0 aromatic heterocycles. The second-order valence-corrected chi connectivity index (χ2v) is 2.77. The number of allylic oxidation sites excluding steroid dienone is 3. The summed E-state index contributed by atoms with van der Waals surface area (Å²) in [7, 11) is 0. The molecule has 0 saturated heterocycles. The molecule has 0 radical (unpaired) electrons. The molecule has 0 aromatic rings. The SMILES string of the molecule is CC=CC.CC=CSCC. The van der Waals surface area contributed by atoms with Crippen molar-refractivity contribution in [2.75, 3.05) is 5.75 Å². The van der Waals surface area contributed by atoms with Crippen LogP contribution in [-0.2, 0) is 0 Å². The van der Waals surface area contributed by atoms with Gasteiger partial charge in [0.25, 0.3) is 0 Å². The minimum absolute atomic E-state index is 1.18. The first-order chi connectivity index (χ1) is 4.83. The van der Waals surface area contributed by atoms with Gasteiger partial charge < -0.3 is 0 Å². The molecule has 0 N–H and O–H groups in total. The van der Waals surface area contributed by atoms with Crippen LogP contribution in [0.15, 0.2) is 23.6 Å². The fourth-order valence-corrected chi connectivity index (χ4v) is 0.577. The number of thioether (sulfide) groups is 1. The highest BCUT2D eigenvalue weighted by Crippen LogP contribution is 1.97. The molecule has 0 unspecified atom stereocenters. The molecular formula is C9H18S. The van der Waals surface area contributed by atoms with Crippen LogP contribution in [0.3, 0.4) is 0 Å². The van der Waals surface area contributed by atoms with Gasteiger partial charge in [0.2, 0.25) is 0 Å². The van der Waals surface area contributed by atoms with Crippen LogP contribution in [0.5, 0.6) is 0 Å². The van der Waals surface area contributed by atoms with Gasteiger partial charge in [0, 0.05) is 0 Å². The second-order valence-electron chi connectivity index (χ2n) is 1.59. The maximum Gasteiger partial charge on any atom is -0.00546 e. The lowest BCUT2D eigenvalue weighted by Gasteiger charge is -1.77. The summed E-state index contributed by atoms with van der Waals surface area (Å²) in [5.74, 6) is 1.18. The van der Waals surface area contributed by atoms with Crippen molar-refractivity contribution in [2.24, 2.45) is 0 Å². The van der Waals surface area contributed by atoms with Gasteiger partial charge in [0.05, 0.1) is 0 Å². The smallest absolute Gasteiger partial charge is 0.00546 e. The molecule has 0 amide bonds. The lowest BCUT2D eigenvalue weighted by Crippen LogP contribution is -1.53. The van der Waals surface area contributed by atoms with Gasteiger partial charge in [0.1, 0.15) is 0 Å². The van der Waals surface area contributed by atoms with Gasteiger partial charge in [-0.15, -0.1) is 11.8 Å². The van der Waals surface area contributed by atoms with Crippen molar-refractivity contribution in [3.05, 3.63) is 23.6 Å². The van der Waals surface area contributed by atoms with Gasteiger partial charge in [-0.05, 0) is 31.9 Å². The molecule has 0 atom stereocenters. The predicted molar refractivity (Wildman–Crippen MR) is 53.4 cm³/mol. The molecule has 0 spiro atoms. The first kappa shape index (κ1) is 12.5. The number of rotatable bonds is 2. The van der Waals surface area contributed by atoms with E-state index in [1.807, 2.05) is 50.8 Å². The maximum absolute atomic E-state index is 2.14. The van der Waals surface area contributed by atoms with Crippen LogP contribution in [-0.4, -0.2) is 5.75 Å². The Bertz CT molecular complexity index is 78.7. The van der Waals surface area contributed by atoms with Crippen LogP contribution < -0.4 is 0 Å². The molecule has 0 aromatic carbocycles. The topological polar surface area (TPSA) is 0 Å². The third-order valence-corrected chi connectivity index (χ3v) is 1.53. The molecule has 0 bridgehead atoms. The Balaban J connectivity index is 0. The first-order valence-electron chi connectivity index (χ1n) is 3.63. The summed E-state index contributed by atoms with van der Waals surface area (Å²) in [6.07, 6.45) is 6.05. The molecule has 0 rings (SSSR count). The molecule has 1 heteroatoms. The summed E-state index contributed by atoms with van der Waals surface area (Å²) in [5, 5.41) is 2.10. The summed E-state index contributed by atoms with van der Waals surface area (Å²) in [6.45, 7) is 8.17. The van der Waals surface area contributed by atoms with E-state index in [4.69, 9.17) is 0 Å². The minimum atomic E-state index is 1.18. The first-order valence-corrected chi connectivity index (χ1v) is 4.68. The third-order valence-electron chi connectivity index (χ3n) is 0.732. The zero-order valence-electron chi connectivity index (χ0n) is 7.42. The van der Waals surface area contributed by atoms with E-state index >= 15 is 0 Å². The summed E-state index contributed by atoms with van der Waals surface area (Å²) in [5.41, 5.74) is 0. The second kappa shape index (κ2) is 15.9. The van der Waals surface area contributed by atoms with Crippen molar-refractivity contribution >= 4 is 11.8 Å². The van der Waals surface area contributed by atoms with E-state index in [-0.39, 0.29) is 0 Å². The van der Waals surface area contributed by atoms with E-state index in [1.165, 1.54) is 5.75 Å². The van der Waals surface area contributed by atoms with Crippen LogP contribution in [0.25, 0.3) is 0 Å². The van der Waals surface area contributed by atoms with Crippen LogP contribution in [0, 0.1) is 0 Å². The van der Waals surface area contributed by atoms with Crippen molar-refractivity contribution in [1.82, 2.24) is 0 Å². The molecule has 0 saturated carbocycles. The van der Waals surface area contributed by atoms with Crippen LogP contribution in [0.4, 0.5) is 0 Å². The molecular weight excluding hydrogens is 140 g/mol. The van der Waals surface area contributed by atoms with Crippen LogP contribution in [0.1, 0.15) is 27.7 Å². The normalized spacial score (nSPS) is 10.0. The van der Waals surface area contributed by atoms with Gasteiger partial charge in [-0.1, -0.05) is 25.2 Å². The monoisotopic (exact) mass is 158 g/mol. The molecule has 0 nitrogen and oxygen atoms in total. The molecule has 0 fully saturated rings. The molecule has 10 heavy (non-hydrogen) atoms.